The van der Waals surface area contributed by atoms with E-state index in [1.54, 1.807) is 13.1 Å². The highest BCUT2D eigenvalue weighted by Gasteiger charge is 2.36. The lowest BCUT2D eigenvalue weighted by Crippen LogP contribution is -2.53. The topological polar surface area (TPSA) is 75.4 Å². The minimum absolute atomic E-state index is 0.152. The lowest BCUT2D eigenvalue weighted by atomic mass is 10.0. The maximum atomic E-state index is 11.9. The van der Waals surface area contributed by atoms with E-state index in [1.165, 1.54) is 9.58 Å². The van der Waals surface area contributed by atoms with Gasteiger partial charge in [-0.05, 0) is 13.0 Å². The van der Waals surface area contributed by atoms with Gasteiger partial charge in [0.2, 0.25) is 0 Å². The summed E-state index contributed by atoms with van der Waals surface area (Å²) in [5.74, 6) is -1.41. The molecule has 2 rings (SSSR count). The van der Waals surface area contributed by atoms with Crippen molar-refractivity contribution in [3.8, 4) is 0 Å². The molecular formula is C10H13N3O3. The molecule has 1 fully saturated rings. The van der Waals surface area contributed by atoms with E-state index < -0.39 is 11.9 Å². The van der Waals surface area contributed by atoms with E-state index in [2.05, 4.69) is 5.10 Å². The summed E-state index contributed by atoms with van der Waals surface area (Å²) in [6.07, 6.45) is 0. The van der Waals surface area contributed by atoms with Crippen molar-refractivity contribution in [2.45, 2.75) is 6.92 Å². The molecule has 86 valence electrons. The molecule has 0 unspecified atom stereocenters. The third-order valence-corrected chi connectivity index (χ3v) is 2.74. The van der Waals surface area contributed by atoms with Crippen LogP contribution in [0.4, 0.5) is 0 Å². The molecule has 1 saturated heterocycles. The Bertz CT molecular complexity index is 446. The quantitative estimate of drug-likeness (QED) is 0.758. The molecule has 2 heterocycles. The Balaban J connectivity index is 2.05. The number of carbonyl (C=O) groups is 2. The number of nitrogens with zero attached hydrogens (tertiary/aromatic N) is 3. The van der Waals surface area contributed by atoms with Gasteiger partial charge in [-0.1, -0.05) is 0 Å². The van der Waals surface area contributed by atoms with Crippen molar-refractivity contribution in [3.05, 3.63) is 17.5 Å². The second kappa shape index (κ2) is 3.62. The molecule has 0 aliphatic carbocycles. The maximum Gasteiger partial charge on any atom is 0.310 e. The number of carboxylic acid groups (broad SMARTS) is 1. The zero-order valence-corrected chi connectivity index (χ0v) is 9.17. The van der Waals surface area contributed by atoms with Crippen molar-refractivity contribution in [2.75, 3.05) is 13.1 Å². The van der Waals surface area contributed by atoms with Crippen LogP contribution < -0.4 is 0 Å². The summed E-state index contributed by atoms with van der Waals surface area (Å²) in [4.78, 5) is 24.0. The monoisotopic (exact) mass is 223 g/mol. The van der Waals surface area contributed by atoms with E-state index in [1.807, 2.05) is 6.92 Å². The second-order valence-corrected chi connectivity index (χ2v) is 4.04. The Labute approximate surface area is 92.5 Å². The minimum Gasteiger partial charge on any atom is -0.481 e. The van der Waals surface area contributed by atoms with Crippen molar-refractivity contribution < 1.29 is 14.7 Å². The van der Waals surface area contributed by atoms with Crippen LogP contribution in [0.15, 0.2) is 6.07 Å². The number of hydrogen-bond acceptors (Lipinski definition) is 3. The van der Waals surface area contributed by atoms with E-state index in [4.69, 9.17) is 5.11 Å². The SMILES string of the molecule is Cc1cc(C(=O)N2CC(C(=O)O)C2)n(C)n1. The summed E-state index contributed by atoms with van der Waals surface area (Å²) in [5.41, 5.74) is 1.28. The molecular weight excluding hydrogens is 210 g/mol. The largest absolute Gasteiger partial charge is 0.481 e. The zero-order valence-electron chi connectivity index (χ0n) is 9.17. The Morgan fingerprint density at radius 1 is 1.50 bits per heavy atom. The molecule has 0 atom stereocenters. The zero-order chi connectivity index (χ0) is 11.9. The van der Waals surface area contributed by atoms with Crippen LogP contribution in [0.2, 0.25) is 0 Å². The summed E-state index contributed by atoms with van der Waals surface area (Å²) in [5, 5.41) is 12.8. The molecule has 16 heavy (non-hydrogen) atoms. The van der Waals surface area contributed by atoms with Crippen LogP contribution in [0.3, 0.4) is 0 Å². The number of likely N-dealkylation sites (tertiary alicyclic amines) is 1. The number of aromatic nitrogens is 2. The fourth-order valence-corrected chi connectivity index (χ4v) is 1.77. The summed E-state index contributed by atoms with van der Waals surface area (Å²) < 4.78 is 1.52. The fraction of sp³-hybridized carbons (Fsp3) is 0.500. The first-order valence-electron chi connectivity index (χ1n) is 5.01. The number of aliphatic carboxylic acids is 1. The van der Waals surface area contributed by atoms with Gasteiger partial charge in [0.1, 0.15) is 5.69 Å². The van der Waals surface area contributed by atoms with Crippen molar-refractivity contribution >= 4 is 11.9 Å². The molecule has 0 aromatic carbocycles. The van der Waals surface area contributed by atoms with Crippen LogP contribution in [0, 0.1) is 12.8 Å². The normalized spacial score (nSPS) is 16.0. The third-order valence-electron chi connectivity index (χ3n) is 2.74. The lowest BCUT2D eigenvalue weighted by molar-refractivity contribution is -0.146. The van der Waals surface area contributed by atoms with E-state index in [0.717, 1.165) is 5.69 Å². The Hall–Kier alpha value is -1.85. The number of rotatable bonds is 2. The molecule has 1 aliphatic rings. The molecule has 0 bridgehead atoms. The first kappa shape index (κ1) is 10.7. The lowest BCUT2D eigenvalue weighted by Gasteiger charge is -2.36. The van der Waals surface area contributed by atoms with Gasteiger partial charge in [-0.2, -0.15) is 5.10 Å². The Morgan fingerprint density at radius 3 is 2.56 bits per heavy atom. The maximum absolute atomic E-state index is 11.9. The van der Waals surface area contributed by atoms with Crippen LogP contribution in [0.1, 0.15) is 16.2 Å². The number of aryl methyl sites for hydroxylation is 2. The molecule has 1 aliphatic heterocycles. The average Bonchev–Trinajstić information content (AvgIpc) is 2.41. The van der Waals surface area contributed by atoms with Gasteiger partial charge in [0.25, 0.3) is 5.91 Å². The summed E-state index contributed by atoms with van der Waals surface area (Å²) in [6, 6.07) is 1.70. The van der Waals surface area contributed by atoms with E-state index >= 15 is 0 Å². The molecule has 1 N–H and O–H groups in total. The van der Waals surface area contributed by atoms with Crippen LogP contribution in [-0.2, 0) is 11.8 Å². The smallest absolute Gasteiger partial charge is 0.310 e. The molecule has 0 saturated carbocycles. The van der Waals surface area contributed by atoms with Crippen molar-refractivity contribution in [2.24, 2.45) is 13.0 Å². The van der Waals surface area contributed by atoms with Gasteiger partial charge < -0.3 is 10.0 Å². The summed E-state index contributed by atoms with van der Waals surface area (Å²) in [6.45, 7) is 2.39. The van der Waals surface area contributed by atoms with Crippen molar-refractivity contribution in [1.29, 1.82) is 0 Å². The first-order valence-corrected chi connectivity index (χ1v) is 5.01. The van der Waals surface area contributed by atoms with Gasteiger partial charge >= 0.3 is 5.97 Å². The highest BCUT2D eigenvalue weighted by atomic mass is 16.4. The van der Waals surface area contributed by atoms with Crippen molar-refractivity contribution in [1.82, 2.24) is 14.7 Å². The molecule has 0 radical (unpaired) electrons. The second-order valence-electron chi connectivity index (χ2n) is 4.04. The molecule has 1 aromatic heterocycles. The van der Waals surface area contributed by atoms with Gasteiger partial charge in [-0.15, -0.1) is 0 Å². The van der Waals surface area contributed by atoms with Gasteiger partial charge in [-0.3, -0.25) is 14.3 Å². The third kappa shape index (κ3) is 1.66. The highest BCUT2D eigenvalue weighted by molar-refractivity contribution is 5.94. The predicted molar refractivity (Wildman–Crippen MR) is 55.0 cm³/mol. The Morgan fingerprint density at radius 2 is 2.12 bits per heavy atom. The summed E-state index contributed by atoms with van der Waals surface area (Å²) >= 11 is 0. The van der Waals surface area contributed by atoms with E-state index in [0.29, 0.717) is 18.8 Å². The van der Waals surface area contributed by atoms with Crippen LogP contribution in [0.25, 0.3) is 0 Å². The predicted octanol–water partition coefficient (Wildman–Crippen LogP) is -0.115. The molecule has 1 aromatic rings. The highest BCUT2D eigenvalue weighted by Crippen LogP contribution is 2.18. The fourth-order valence-electron chi connectivity index (χ4n) is 1.77. The van der Waals surface area contributed by atoms with Crippen molar-refractivity contribution in [3.63, 3.8) is 0 Å². The van der Waals surface area contributed by atoms with Crippen LogP contribution >= 0.6 is 0 Å². The first-order chi connectivity index (χ1) is 7.49. The Kier molecular flexibility index (Phi) is 2.41. The number of hydrogen-bond donors (Lipinski definition) is 1. The molecule has 0 spiro atoms. The average molecular weight is 223 g/mol. The van der Waals surface area contributed by atoms with Crippen LogP contribution in [-0.4, -0.2) is 44.8 Å². The van der Waals surface area contributed by atoms with Gasteiger partial charge in [0.05, 0.1) is 11.6 Å². The summed E-state index contributed by atoms with van der Waals surface area (Å²) in [7, 11) is 1.70. The minimum atomic E-state index is -0.842. The molecule has 1 amide bonds. The molecule has 6 heteroatoms. The number of carboxylic acids is 1. The van der Waals surface area contributed by atoms with Crippen LogP contribution in [0.5, 0.6) is 0 Å². The van der Waals surface area contributed by atoms with E-state index in [9.17, 15) is 9.59 Å². The standard InChI is InChI=1S/C10H13N3O3/c1-6-3-8(12(2)11-6)9(14)13-4-7(5-13)10(15)16/h3,7H,4-5H2,1-2H3,(H,15,16). The van der Waals surface area contributed by atoms with Gasteiger partial charge in [0, 0.05) is 20.1 Å². The van der Waals surface area contributed by atoms with Gasteiger partial charge in [0.15, 0.2) is 0 Å². The number of amides is 1. The number of carbonyl (C=O) groups excluding carboxylic acids is 1. The molecule has 6 nitrogen and oxygen atoms in total. The van der Waals surface area contributed by atoms with Gasteiger partial charge in [-0.25, -0.2) is 0 Å². The van der Waals surface area contributed by atoms with E-state index in [-0.39, 0.29) is 5.91 Å².